The van der Waals surface area contributed by atoms with Gasteiger partial charge < -0.3 is 10.6 Å². The fourth-order valence-corrected chi connectivity index (χ4v) is 3.14. The van der Waals surface area contributed by atoms with Crippen LogP contribution in [-0.4, -0.2) is 30.7 Å². The topological polar surface area (TPSA) is 75.3 Å². The molecule has 1 saturated carbocycles. The van der Waals surface area contributed by atoms with Crippen LogP contribution in [0.15, 0.2) is 0 Å². The quantitative estimate of drug-likeness (QED) is 0.569. The van der Waals surface area contributed by atoms with Crippen molar-refractivity contribution in [2.24, 2.45) is 17.8 Å². The first-order valence-electron chi connectivity index (χ1n) is 10.8. The molecule has 1 aliphatic rings. The molecule has 0 unspecified atom stereocenters. The predicted octanol–water partition coefficient (Wildman–Crippen LogP) is 4.74. The standard InChI is InChI=1S/C12H24N2O2.C10H18O.2H2/c1-4-13-11(15)6-5-7-12(16)14-9-8-10(2)3;1-8(2)10(11)9-6-4-3-5-7-9;;/h10H,4-9H2,1-3H3,(H,13,15)(H,14,16);8-9H,3-7H2,1-2H3;2*1H. The van der Waals surface area contributed by atoms with E-state index >= 15 is 0 Å². The number of hydrogen-bond donors (Lipinski definition) is 2. The lowest BCUT2D eigenvalue weighted by Gasteiger charge is -2.21. The van der Waals surface area contributed by atoms with Gasteiger partial charge in [-0.15, -0.1) is 0 Å². The lowest BCUT2D eigenvalue weighted by atomic mass is 9.83. The van der Waals surface area contributed by atoms with E-state index in [-0.39, 0.29) is 20.6 Å². The Morgan fingerprint density at radius 3 is 1.96 bits per heavy atom. The lowest BCUT2D eigenvalue weighted by Crippen LogP contribution is -2.26. The zero-order valence-electron chi connectivity index (χ0n) is 18.2. The summed E-state index contributed by atoms with van der Waals surface area (Å²) < 4.78 is 0. The first-order chi connectivity index (χ1) is 12.8. The second-order valence-electron chi connectivity index (χ2n) is 8.23. The van der Waals surface area contributed by atoms with Crippen LogP contribution in [0.4, 0.5) is 0 Å². The van der Waals surface area contributed by atoms with Gasteiger partial charge in [-0.2, -0.15) is 0 Å². The van der Waals surface area contributed by atoms with Crippen LogP contribution in [0.1, 0.15) is 95.3 Å². The molecule has 0 aromatic rings. The Labute approximate surface area is 169 Å². The maximum atomic E-state index is 11.5. The molecule has 0 aromatic heterocycles. The van der Waals surface area contributed by atoms with Crippen LogP contribution in [0.25, 0.3) is 0 Å². The number of hydrogen-bond acceptors (Lipinski definition) is 3. The molecule has 0 aromatic carbocycles. The Hall–Kier alpha value is -1.39. The maximum Gasteiger partial charge on any atom is 0.220 e. The van der Waals surface area contributed by atoms with Crippen molar-refractivity contribution in [3.05, 3.63) is 0 Å². The normalized spacial score (nSPS) is 14.5. The molecule has 2 amide bonds. The molecule has 0 aliphatic heterocycles. The summed E-state index contributed by atoms with van der Waals surface area (Å²) in [7, 11) is 0. The zero-order chi connectivity index (χ0) is 20.7. The van der Waals surface area contributed by atoms with Crippen molar-refractivity contribution < 1.29 is 17.2 Å². The van der Waals surface area contributed by atoms with Gasteiger partial charge in [0.1, 0.15) is 5.78 Å². The van der Waals surface area contributed by atoms with Crippen LogP contribution in [0.2, 0.25) is 0 Å². The minimum absolute atomic E-state index is 0. The van der Waals surface area contributed by atoms with Crippen molar-refractivity contribution in [2.75, 3.05) is 13.1 Å². The van der Waals surface area contributed by atoms with E-state index in [1.54, 1.807) is 0 Å². The molecule has 0 heterocycles. The molecule has 162 valence electrons. The molecule has 5 heteroatoms. The third-order valence-corrected chi connectivity index (χ3v) is 4.80. The van der Waals surface area contributed by atoms with Crippen LogP contribution >= 0.6 is 0 Å². The van der Waals surface area contributed by atoms with E-state index < -0.39 is 0 Å². The minimum Gasteiger partial charge on any atom is -0.356 e. The first kappa shape index (κ1) is 25.6. The van der Waals surface area contributed by atoms with Crippen LogP contribution in [0.5, 0.6) is 0 Å². The molecule has 5 nitrogen and oxygen atoms in total. The van der Waals surface area contributed by atoms with Crippen molar-refractivity contribution in [1.82, 2.24) is 10.6 Å². The second kappa shape index (κ2) is 15.6. The number of amides is 2. The van der Waals surface area contributed by atoms with Crippen LogP contribution < -0.4 is 10.6 Å². The van der Waals surface area contributed by atoms with Gasteiger partial charge in [0, 0.05) is 40.6 Å². The van der Waals surface area contributed by atoms with Crippen molar-refractivity contribution >= 4 is 17.6 Å². The number of carbonyl (C=O) groups excluding carboxylic acids is 3. The summed E-state index contributed by atoms with van der Waals surface area (Å²) in [5, 5.41) is 5.56. The highest BCUT2D eigenvalue weighted by atomic mass is 16.2. The van der Waals surface area contributed by atoms with Crippen LogP contribution in [0, 0.1) is 17.8 Å². The molecule has 0 spiro atoms. The van der Waals surface area contributed by atoms with Gasteiger partial charge in [0.05, 0.1) is 0 Å². The number of ketones is 1. The number of carbonyl (C=O) groups is 3. The minimum atomic E-state index is 0. The predicted molar refractivity (Wildman–Crippen MR) is 116 cm³/mol. The summed E-state index contributed by atoms with van der Waals surface area (Å²) in [4.78, 5) is 33.9. The van der Waals surface area contributed by atoms with Gasteiger partial charge in [0.2, 0.25) is 11.8 Å². The van der Waals surface area contributed by atoms with E-state index in [1.165, 1.54) is 19.3 Å². The Balaban J connectivity index is -0.000000459. The molecule has 1 aliphatic carbocycles. The van der Waals surface area contributed by atoms with E-state index in [2.05, 4.69) is 24.5 Å². The number of nitrogens with one attached hydrogen (secondary N) is 2. The van der Waals surface area contributed by atoms with E-state index in [9.17, 15) is 14.4 Å². The SMILES string of the molecule is CC(C)C(=O)C1CCCCC1.CCNC(=O)CCCC(=O)NCCC(C)C.[HH].[HH]. The van der Waals surface area contributed by atoms with Gasteiger partial charge in [0.15, 0.2) is 0 Å². The Kier molecular flexibility index (Phi) is 14.8. The van der Waals surface area contributed by atoms with Gasteiger partial charge in [-0.1, -0.05) is 47.0 Å². The van der Waals surface area contributed by atoms with Gasteiger partial charge in [-0.25, -0.2) is 0 Å². The summed E-state index contributed by atoms with van der Waals surface area (Å²) in [6, 6.07) is 0. The monoisotopic (exact) mass is 386 g/mol. The molecule has 2 N–H and O–H groups in total. The van der Waals surface area contributed by atoms with E-state index in [4.69, 9.17) is 0 Å². The fraction of sp³-hybridized carbons (Fsp3) is 0.864. The Bertz CT molecular complexity index is 438. The summed E-state index contributed by atoms with van der Waals surface area (Å²) in [6.45, 7) is 11.5. The fourth-order valence-electron chi connectivity index (χ4n) is 3.14. The maximum absolute atomic E-state index is 11.5. The summed E-state index contributed by atoms with van der Waals surface area (Å²) in [5.74, 6) is 1.82. The molecule has 0 radical (unpaired) electrons. The number of Topliss-reactive ketones (excluding diaryl/α,β-unsaturated/α-hetero) is 1. The van der Waals surface area contributed by atoms with Crippen LogP contribution in [-0.2, 0) is 14.4 Å². The van der Waals surface area contributed by atoms with Gasteiger partial charge in [-0.3, -0.25) is 14.4 Å². The van der Waals surface area contributed by atoms with Gasteiger partial charge in [0.25, 0.3) is 0 Å². The lowest BCUT2D eigenvalue weighted by molar-refractivity contribution is -0.127. The smallest absolute Gasteiger partial charge is 0.220 e. The first-order valence-corrected chi connectivity index (χ1v) is 10.8. The highest BCUT2D eigenvalue weighted by Gasteiger charge is 2.22. The second-order valence-corrected chi connectivity index (χ2v) is 8.23. The van der Waals surface area contributed by atoms with Gasteiger partial charge in [-0.05, 0) is 38.5 Å². The van der Waals surface area contributed by atoms with Crippen LogP contribution in [0.3, 0.4) is 0 Å². The van der Waals surface area contributed by atoms with E-state index in [1.807, 2.05) is 20.8 Å². The van der Waals surface area contributed by atoms with E-state index in [0.29, 0.717) is 43.4 Å². The summed E-state index contributed by atoms with van der Waals surface area (Å²) in [5.41, 5.74) is 0. The summed E-state index contributed by atoms with van der Waals surface area (Å²) in [6.07, 6.45) is 8.67. The van der Waals surface area contributed by atoms with Crippen molar-refractivity contribution in [3.8, 4) is 0 Å². The third kappa shape index (κ3) is 14.3. The third-order valence-electron chi connectivity index (χ3n) is 4.80. The van der Waals surface area contributed by atoms with Gasteiger partial charge >= 0.3 is 0 Å². The Morgan fingerprint density at radius 1 is 0.926 bits per heavy atom. The summed E-state index contributed by atoms with van der Waals surface area (Å²) >= 11 is 0. The molecule has 27 heavy (non-hydrogen) atoms. The highest BCUT2D eigenvalue weighted by Crippen LogP contribution is 2.26. The molecule has 0 atom stereocenters. The average molecular weight is 387 g/mol. The zero-order valence-corrected chi connectivity index (χ0v) is 18.2. The Morgan fingerprint density at radius 2 is 1.48 bits per heavy atom. The molecular weight excluding hydrogens is 340 g/mol. The highest BCUT2D eigenvalue weighted by molar-refractivity contribution is 5.82. The molecule has 1 rings (SSSR count). The molecule has 0 bridgehead atoms. The largest absolute Gasteiger partial charge is 0.356 e. The van der Waals surface area contributed by atoms with Crippen molar-refractivity contribution in [3.63, 3.8) is 0 Å². The van der Waals surface area contributed by atoms with E-state index in [0.717, 1.165) is 25.8 Å². The average Bonchev–Trinajstić information content (AvgIpc) is 2.62. The molecule has 0 saturated heterocycles. The molecular formula is C22H46N2O3. The van der Waals surface area contributed by atoms with Crippen molar-refractivity contribution in [2.45, 2.75) is 92.4 Å². The van der Waals surface area contributed by atoms with Crippen molar-refractivity contribution in [1.29, 1.82) is 0 Å². The number of rotatable bonds is 10. The molecule has 1 fully saturated rings.